The van der Waals surface area contributed by atoms with Crippen LogP contribution < -0.4 is 14.4 Å². The maximum Gasteiger partial charge on any atom is 0.225 e. The van der Waals surface area contributed by atoms with Crippen LogP contribution in [0.15, 0.2) is 97.2 Å². The van der Waals surface area contributed by atoms with E-state index in [9.17, 15) is 8.78 Å². The molecule has 0 bridgehead atoms. The lowest BCUT2D eigenvalue weighted by Crippen LogP contribution is -2.34. The summed E-state index contributed by atoms with van der Waals surface area (Å²) in [6.45, 7) is 1.47. The summed E-state index contributed by atoms with van der Waals surface area (Å²) in [5.41, 5.74) is 3.57. The van der Waals surface area contributed by atoms with Gasteiger partial charge >= 0.3 is 0 Å². The van der Waals surface area contributed by atoms with E-state index < -0.39 is 17.5 Å². The highest BCUT2D eigenvalue weighted by Gasteiger charge is 2.27. The number of hydrogen-bond donors (Lipinski definition) is 0. The third kappa shape index (κ3) is 6.65. The summed E-state index contributed by atoms with van der Waals surface area (Å²) in [5.74, 6) is -1.95. The predicted octanol–water partition coefficient (Wildman–Crippen LogP) is 8.76. The van der Waals surface area contributed by atoms with Gasteiger partial charge in [0, 0.05) is 42.4 Å². The van der Waals surface area contributed by atoms with E-state index in [1.165, 1.54) is 18.2 Å². The van der Waals surface area contributed by atoms with Crippen molar-refractivity contribution in [3.05, 3.63) is 136 Å². The molecule has 5 nitrogen and oxygen atoms in total. The minimum absolute atomic E-state index is 0.154. The number of nitrogens with zero attached hydrogens (tertiary/aromatic N) is 3. The second-order valence-corrected chi connectivity index (χ2v) is 11.0. The molecule has 0 saturated carbocycles. The Hall–Kier alpha value is -4.56. The van der Waals surface area contributed by atoms with Crippen LogP contribution in [0, 0.1) is 17.5 Å². The van der Waals surface area contributed by atoms with Crippen LogP contribution in [0.25, 0.3) is 11.1 Å². The summed E-state index contributed by atoms with van der Waals surface area (Å²) in [6, 6.07) is 27.2. The topological polar surface area (TPSA) is 47.5 Å². The molecular formula is C35H29ClF3N3O2. The zero-order chi connectivity index (χ0) is 30.5. The number of hydrogen-bond acceptors (Lipinski definition) is 5. The number of halogens is 4. The van der Waals surface area contributed by atoms with Gasteiger partial charge in [-0.3, -0.25) is 4.98 Å². The molecule has 6 rings (SSSR count). The molecule has 0 aliphatic carbocycles. The molecule has 0 radical (unpaired) electrons. The molecule has 3 heterocycles. The lowest BCUT2D eigenvalue weighted by molar-refractivity contribution is 0.268. The Balaban J connectivity index is 1.20. The summed E-state index contributed by atoms with van der Waals surface area (Å²) in [5, 5.41) is -0.259. The van der Waals surface area contributed by atoms with Gasteiger partial charge in [-0.15, -0.1) is 0 Å². The summed E-state index contributed by atoms with van der Waals surface area (Å²) >= 11 is 5.70. The van der Waals surface area contributed by atoms with Crippen LogP contribution in [0.2, 0.25) is 5.02 Å². The molecule has 0 spiro atoms. The highest BCUT2D eigenvalue weighted by molar-refractivity contribution is 6.30. The fourth-order valence-electron chi connectivity index (χ4n) is 5.34. The van der Waals surface area contributed by atoms with E-state index in [1.807, 2.05) is 60.7 Å². The lowest BCUT2D eigenvalue weighted by atomic mass is 9.91. The van der Waals surface area contributed by atoms with E-state index >= 15 is 4.39 Å². The van der Waals surface area contributed by atoms with Crippen molar-refractivity contribution in [2.75, 3.05) is 18.0 Å². The number of aromatic nitrogens is 2. The van der Waals surface area contributed by atoms with Crippen molar-refractivity contribution >= 4 is 17.3 Å². The summed E-state index contributed by atoms with van der Waals surface area (Å²) in [4.78, 5) is 10.9. The smallest absolute Gasteiger partial charge is 0.225 e. The summed E-state index contributed by atoms with van der Waals surface area (Å²) in [6.07, 6.45) is 2.69. The molecule has 0 unspecified atom stereocenters. The predicted molar refractivity (Wildman–Crippen MR) is 165 cm³/mol. The zero-order valence-electron chi connectivity index (χ0n) is 23.7. The van der Waals surface area contributed by atoms with Gasteiger partial charge in [-0.1, -0.05) is 72.3 Å². The number of anilines is 1. The molecule has 1 saturated heterocycles. The second-order valence-electron chi connectivity index (χ2n) is 10.6. The van der Waals surface area contributed by atoms with Crippen molar-refractivity contribution in [2.45, 2.75) is 32.0 Å². The molecule has 0 amide bonds. The molecule has 224 valence electrons. The number of ether oxygens (including phenoxy) is 2. The molecule has 9 heteroatoms. The second kappa shape index (κ2) is 13.4. The van der Waals surface area contributed by atoms with E-state index in [0.717, 1.165) is 11.1 Å². The van der Waals surface area contributed by atoms with Crippen LogP contribution in [0.3, 0.4) is 0 Å². The average molecular weight is 616 g/mol. The minimum Gasteiger partial charge on any atom is -0.473 e. The number of benzene rings is 3. The molecule has 3 aromatic carbocycles. The van der Waals surface area contributed by atoms with Gasteiger partial charge in [-0.05, 0) is 48.2 Å². The molecule has 44 heavy (non-hydrogen) atoms. The van der Waals surface area contributed by atoms with Crippen molar-refractivity contribution in [1.82, 2.24) is 9.97 Å². The largest absolute Gasteiger partial charge is 0.473 e. The molecular weight excluding hydrogens is 587 g/mol. The van der Waals surface area contributed by atoms with Crippen LogP contribution in [-0.4, -0.2) is 23.1 Å². The van der Waals surface area contributed by atoms with Crippen LogP contribution in [0.1, 0.15) is 35.6 Å². The van der Waals surface area contributed by atoms with Crippen molar-refractivity contribution in [3.63, 3.8) is 0 Å². The first-order chi connectivity index (χ1) is 21.5. The maximum atomic E-state index is 15.6. The Morgan fingerprint density at radius 2 is 1.43 bits per heavy atom. The molecule has 2 aromatic heterocycles. The quantitative estimate of drug-likeness (QED) is 0.155. The van der Waals surface area contributed by atoms with Gasteiger partial charge in [0.1, 0.15) is 19.0 Å². The van der Waals surface area contributed by atoms with Gasteiger partial charge < -0.3 is 14.4 Å². The monoisotopic (exact) mass is 615 g/mol. The van der Waals surface area contributed by atoms with Crippen LogP contribution in [-0.2, 0) is 13.2 Å². The first-order valence-electron chi connectivity index (χ1n) is 14.3. The minimum atomic E-state index is -1.06. The molecule has 5 aromatic rings. The van der Waals surface area contributed by atoms with Crippen molar-refractivity contribution < 1.29 is 22.6 Å². The Morgan fingerprint density at radius 1 is 0.773 bits per heavy atom. The molecule has 0 atom stereocenters. The van der Waals surface area contributed by atoms with E-state index in [-0.39, 0.29) is 23.2 Å². The normalized spacial score (nSPS) is 13.6. The third-order valence-corrected chi connectivity index (χ3v) is 7.99. The fraction of sp³-hybridized carbons (Fsp3) is 0.200. The number of rotatable bonds is 9. The first-order valence-corrected chi connectivity index (χ1v) is 14.7. The van der Waals surface area contributed by atoms with Gasteiger partial charge in [-0.25, -0.2) is 13.2 Å². The first kappa shape index (κ1) is 29.5. The van der Waals surface area contributed by atoms with E-state index in [1.54, 1.807) is 23.2 Å². The van der Waals surface area contributed by atoms with Crippen LogP contribution in [0.4, 0.5) is 18.9 Å². The van der Waals surface area contributed by atoms with E-state index in [0.29, 0.717) is 61.1 Å². The molecule has 1 fully saturated rings. The summed E-state index contributed by atoms with van der Waals surface area (Å²) < 4.78 is 56.1. The van der Waals surface area contributed by atoms with Crippen LogP contribution in [0.5, 0.6) is 11.8 Å². The molecule has 1 aliphatic rings. The Kier molecular flexibility index (Phi) is 8.98. The zero-order valence-corrected chi connectivity index (χ0v) is 24.5. The number of pyridine rings is 2. The van der Waals surface area contributed by atoms with E-state index in [4.69, 9.17) is 21.1 Å². The molecule has 1 aliphatic heterocycles. The SMILES string of the molecule is Fc1cc(-c2ccc(OCc3ccccc3)nc2OCc2ccccc2)cnc1C1CCN(c2ccc(Cl)c(F)c2F)CC1. The van der Waals surface area contributed by atoms with Gasteiger partial charge in [-0.2, -0.15) is 4.98 Å². The van der Waals surface area contributed by atoms with Gasteiger partial charge in [0.15, 0.2) is 11.6 Å². The summed E-state index contributed by atoms with van der Waals surface area (Å²) in [7, 11) is 0. The average Bonchev–Trinajstić information content (AvgIpc) is 3.06. The number of piperidine rings is 1. The lowest BCUT2D eigenvalue weighted by Gasteiger charge is -2.33. The Morgan fingerprint density at radius 3 is 2.09 bits per heavy atom. The van der Waals surface area contributed by atoms with Crippen molar-refractivity contribution in [1.29, 1.82) is 0 Å². The fourth-order valence-corrected chi connectivity index (χ4v) is 5.49. The highest BCUT2D eigenvalue weighted by Crippen LogP contribution is 2.36. The van der Waals surface area contributed by atoms with Gasteiger partial charge in [0.25, 0.3) is 0 Å². The Labute approximate surface area is 258 Å². The van der Waals surface area contributed by atoms with Crippen LogP contribution >= 0.6 is 11.6 Å². The third-order valence-electron chi connectivity index (χ3n) is 7.70. The standard InChI is InChI=1S/C35H29ClF3N3O2/c36-28-12-13-30(33(39)32(28)38)42-17-15-25(16-18-42)34-29(37)19-26(20-40-34)27-11-14-31(43-21-23-7-3-1-4-8-23)41-35(27)44-22-24-9-5-2-6-10-24/h1-14,19-20,25H,15-18,21-22H2. The Bertz CT molecular complexity index is 1730. The van der Waals surface area contributed by atoms with Gasteiger partial charge in [0.05, 0.1) is 16.4 Å². The molecule has 0 N–H and O–H groups in total. The maximum absolute atomic E-state index is 15.6. The van der Waals surface area contributed by atoms with Crippen molar-refractivity contribution in [2.24, 2.45) is 0 Å². The van der Waals surface area contributed by atoms with Gasteiger partial charge in [0.2, 0.25) is 11.8 Å². The highest BCUT2D eigenvalue weighted by atomic mass is 35.5. The van der Waals surface area contributed by atoms with E-state index in [2.05, 4.69) is 9.97 Å². The van der Waals surface area contributed by atoms with Crippen molar-refractivity contribution in [3.8, 4) is 22.9 Å².